The summed E-state index contributed by atoms with van der Waals surface area (Å²) in [7, 11) is 0. The fourth-order valence-electron chi connectivity index (χ4n) is 1.66. The van der Waals surface area contributed by atoms with Gasteiger partial charge in [0.25, 0.3) is 0 Å². The van der Waals surface area contributed by atoms with E-state index in [1.54, 1.807) is 0 Å². The van der Waals surface area contributed by atoms with E-state index in [4.69, 9.17) is 4.74 Å². The predicted octanol–water partition coefficient (Wildman–Crippen LogP) is 2.69. The minimum absolute atomic E-state index is 0.00204. The average molecular weight is 182 g/mol. The second kappa shape index (κ2) is 5.79. The summed E-state index contributed by atoms with van der Waals surface area (Å²) in [5.41, 5.74) is 0. The van der Waals surface area contributed by atoms with E-state index in [2.05, 4.69) is 12.2 Å². The summed E-state index contributed by atoms with van der Waals surface area (Å²) >= 11 is 0. The van der Waals surface area contributed by atoms with Gasteiger partial charge in [0.05, 0.1) is 12.5 Å². The molecule has 1 atom stereocenters. The molecule has 0 saturated heterocycles. The summed E-state index contributed by atoms with van der Waals surface area (Å²) in [6.07, 6.45) is 9.56. The normalized spacial score (nSPS) is 25.8. The molecule has 0 N–H and O–H groups in total. The SMILES string of the molecule is CCOC(=O)C1CC/C=C\CCC1. The summed E-state index contributed by atoms with van der Waals surface area (Å²) < 4.78 is 5.01. The van der Waals surface area contributed by atoms with Crippen LogP contribution in [0.2, 0.25) is 0 Å². The van der Waals surface area contributed by atoms with Crippen molar-refractivity contribution >= 4 is 5.97 Å². The van der Waals surface area contributed by atoms with E-state index in [-0.39, 0.29) is 11.9 Å². The van der Waals surface area contributed by atoms with Crippen molar-refractivity contribution in [3.63, 3.8) is 0 Å². The van der Waals surface area contributed by atoms with Crippen molar-refractivity contribution in [1.29, 1.82) is 0 Å². The first kappa shape index (κ1) is 10.3. The second-order valence-corrected chi connectivity index (χ2v) is 3.43. The van der Waals surface area contributed by atoms with Crippen LogP contribution in [0.5, 0.6) is 0 Å². The number of allylic oxidation sites excluding steroid dienone is 2. The van der Waals surface area contributed by atoms with Crippen LogP contribution in [0.4, 0.5) is 0 Å². The topological polar surface area (TPSA) is 26.3 Å². The first-order valence-corrected chi connectivity index (χ1v) is 5.16. The Kier molecular flexibility index (Phi) is 4.58. The van der Waals surface area contributed by atoms with Gasteiger partial charge in [-0.1, -0.05) is 12.2 Å². The summed E-state index contributed by atoms with van der Waals surface area (Å²) in [4.78, 5) is 11.4. The molecule has 1 rings (SSSR count). The van der Waals surface area contributed by atoms with Crippen LogP contribution in [-0.2, 0) is 9.53 Å². The van der Waals surface area contributed by atoms with Gasteiger partial charge < -0.3 is 4.74 Å². The molecule has 0 heterocycles. The van der Waals surface area contributed by atoms with E-state index < -0.39 is 0 Å². The Labute approximate surface area is 80.0 Å². The quantitative estimate of drug-likeness (QED) is 0.485. The van der Waals surface area contributed by atoms with Crippen molar-refractivity contribution in [3.05, 3.63) is 12.2 Å². The van der Waals surface area contributed by atoms with Crippen LogP contribution in [0.15, 0.2) is 12.2 Å². The number of esters is 1. The minimum atomic E-state index is -0.00204. The Bertz CT molecular complexity index is 185. The fraction of sp³-hybridized carbons (Fsp3) is 0.727. The van der Waals surface area contributed by atoms with Crippen LogP contribution < -0.4 is 0 Å². The maximum Gasteiger partial charge on any atom is 0.308 e. The van der Waals surface area contributed by atoms with Crippen LogP contribution in [0, 0.1) is 5.92 Å². The Morgan fingerprint density at radius 3 is 2.92 bits per heavy atom. The average Bonchev–Trinajstić information content (AvgIpc) is 2.03. The lowest BCUT2D eigenvalue weighted by Gasteiger charge is -2.15. The largest absolute Gasteiger partial charge is 0.466 e. The van der Waals surface area contributed by atoms with Gasteiger partial charge in [0.15, 0.2) is 0 Å². The van der Waals surface area contributed by atoms with Crippen molar-refractivity contribution in [2.45, 2.75) is 39.0 Å². The number of carbonyl (C=O) groups is 1. The van der Waals surface area contributed by atoms with Gasteiger partial charge >= 0.3 is 5.97 Å². The molecule has 0 aromatic carbocycles. The predicted molar refractivity (Wildman–Crippen MR) is 52.3 cm³/mol. The Hall–Kier alpha value is -0.790. The third-order valence-electron chi connectivity index (χ3n) is 2.39. The molecule has 0 fully saturated rings. The molecule has 1 aliphatic carbocycles. The molecular weight excluding hydrogens is 164 g/mol. The van der Waals surface area contributed by atoms with Crippen LogP contribution in [0.1, 0.15) is 39.0 Å². The molecule has 2 nitrogen and oxygen atoms in total. The standard InChI is InChI=1S/C11H18O2/c1-2-13-11(12)10-8-6-4-3-5-7-9-10/h3-4,10H,2,5-9H2,1H3/b4-3-. The van der Waals surface area contributed by atoms with E-state index >= 15 is 0 Å². The van der Waals surface area contributed by atoms with Crippen LogP contribution >= 0.6 is 0 Å². The van der Waals surface area contributed by atoms with Gasteiger partial charge in [-0.05, 0) is 39.0 Å². The van der Waals surface area contributed by atoms with Gasteiger partial charge in [-0.25, -0.2) is 0 Å². The molecule has 2 heteroatoms. The third kappa shape index (κ3) is 3.62. The summed E-state index contributed by atoms with van der Waals surface area (Å²) in [6.45, 7) is 2.37. The monoisotopic (exact) mass is 182 g/mol. The van der Waals surface area contributed by atoms with Crippen molar-refractivity contribution in [2.75, 3.05) is 6.61 Å². The molecule has 1 unspecified atom stereocenters. The zero-order valence-electron chi connectivity index (χ0n) is 8.29. The third-order valence-corrected chi connectivity index (χ3v) is 2.39. The molecule has 0 aromatic rings. The molecular formula is C11H18O2. The van der Waals surface area contributed by atoms with Gasteiger partial charge in [0.2, 0.25) is 0 Å². The number of ether oxygens (including phenoxy) is 1. The minimum Gasteiger partial charge on any atom is -0.466 e. The fourth-order valence-corrected chi connectivity index (χ4v) is 1.66. The van der Waals surface area contributed by atoms with Crippen molar-refractivity contribution in [3.8, 4) is 0 Å². The van der Waals surface area contributed by atoms with E-state index in [9.17, 15) is 4.79 Å². The van der Waals surface area contributed by atoms with Gasteiger partial charge in [-0.15, -0.1) is 0 Å². The highest BCUT2D eigenvalue weighted by molar-refractivity contribution is 5.72. The number of hydrogen-bond acceptors (Lipinski definition) is 2. The summed E-state index contributed by atoms with van der Waals surface area (Å²) in [6, 6.07) is 0. The zero-order chi connectivity index (χ0) is 9.52. The van der Waals surface area contributed by atoms with Crippen LogP contribution in [-0.4, -0.2) is 12.6 Å². The molecule has 0 saturated carbocycles. The molecule has 13 heavy (non-hydrogen) atoms. The van der Waals surface area contributed by atoms with Crippen molar-refractivity contribution < 1.29 is 9.53 Å². The zero-order valence-corrected chi connectivity index (χ0v) is 8.29. The Morgan fingerprint density at radius 2 is 2.15 bits per heavy atom. The van der Waals surface area contributed by atoms with Gasteiger partial charge in [-0.3, -0.25) is 4.79 Å². The lowest BCUT2D eigenvalue weighted by Crippen LogP contribution is -2.18. The summed E-state index contributed by atoms with van der Waals surface area (Å²) in [5.74, 6) is 0.141. The van der Waals surface area contributed by atoms with E-state index in [1.807, 2.05) is 6.92 Å². The molecule has 0 aromatic heterocycles. The highest BCUT2D eigenvalue weighted by Gasteiger charge is 2.18. The van der Waals surface area contributed by atoms with Gasteiger partial charge in [0.1, 0.15) is 0 Å². The Balaban J connectivity index is 2.38. The molecule has 0 bridgehead atoms. The lowest BCUT2D eigenvalue weighted by atomic mass is 9.94. The Morgan fingerprint density at radius 1 is 1.38 bits per heavy atom. The van der Waals surface area contributed by atoms with Crippen molar-refractivity contribution in [2.24, 2.45) is 5.92 Å². The van der Waals surface area contributed by atoms with Gasteiger partial charge in [-0.2, -0.15) is 0 Å². The summed E-state index contributed by atoms with van der Waals surface area (Å²) in [5, 5.41) is 0. The first-order chi connectivity index (χ1) is 6.34. The second-order valence-electron chi connectivity index (χ2n) is 3.43. The van der Waals surface area contributed by atoms with Crippen LogP contribution in [0.3, 0.4) is 0 Å². The smallest absolute Gasteiger partial charge is 0.308 e. The highest BCUT2D eigenvalue weighted by Crippen LogP contribution is 2.19. The van der Waals surface area contributed by atoms with Gasteiger partial charge in [0, 0.05) is 0 Å². The molecule has 0 radical (unpaired) electrons. The molecule has 0 aliphatic heterocycles. The lowest BCUT2D eigenvalue weighted by molar-refractivity contribution is -0.148. The molecule has 0 amide bonds. The van der Waals surface area contributed by atoms with E-state index in [1.165, 1.54) is 0 Å². The maximum atomic E-state index is 11.4. The van der Waals surface area contributed by atoms with E-state index in [0.29, 0.717) is 6.61 Å². The number of rotatable bonds is 2. The number of carbonyl (C=O) groups excluding carboxylic acids is 1. The van der Waals surface area contributed by atoms with Crippen LogP contribution in [0.25, 0.3) is 0 Å². The molecule has 74 valence electrons. The highest BCUT2D eigenvalue weighted by atomic mass is 16.5. The van der Waals surface area contributed by atoms with E-state index in [0.717, 1.165) is 32.1 Å². The molecule has 0 spiro atoms. The first-order valence-electron chi connectivity index (χ1n) is 5.16. The number of hydrogen-bond donors (Lipinski definition) is 0. The van der Waals surface area contributed by atoms with Crippen molar-refractivity contribution in [1.82, 2.24) is 0 Å². The maximum absolute atomic E-state index is 11.4. The molecule has 1 aliphatic rings.